The molecule has 0 saturated carbocycles. The van der Waals surface area contributed by atoms with Crippen molar-refractivity contribution < 1.29 is 9.13 Å². The quantitative estimate of drug-likeness (QED) is 0.842. The van der Waals surface area contributed by atoms with Crippen LogP contribution in [-0.2, 0) is 6.61 Å². The summed E-state index contributed by atoms with van der Waals surface area (Å²) in [5.74, 6) is 0.229. The number of thiocarbonyl (C=S) groups is 1. The van der Waals surface area contributed by atoms with Gasteiger partial charge in [-0.25, -0.2) is 4.39 Å². The molecule has 0 aliphatic carbocycles. The average Bonchev–Trinajstić information content (AvgIpc) is 2.46. The van der Waals surface area contributed by atoms with E-state index in [2.05, 4.69) is 26.0 Å². The van der Waals surface area contributed by atoms with Gasteiger partial charge in [0, 0.05) is 5.56 Å². The van der Waals surface area contributed by atoms with Gasteiger partial charge in [0.1, 0.15) is 11.6 Å². The Morgan fingerprint density at radius 2 is 1.86 bits per heavy atom. The number of nitrogens with two attached hydrogens (primary N) is 1. The topological polar surface area (TPSA) is 35.2 Å². The van der Waals surface area contributed by atoms with Crippen LogP contribution in [0, 0.1) is 5.82 Å². The summed E-state index contributed by atoms with van der Waals surface area (Å²) >= 11 is 4.81. The molecule has 110 valence electrons. The van der Waals surface area contributed by atoms with Crippen molar-refractivity contribution in [2.75, 3.05) is 0 Å². The molecule has 0 bridgehead atoms. The average molecular weight is 303 g/mol. The maximum absolute atomic E-state index is 13.8. The molecular weight excluding hydrogens is 285 g/mol. The van der Waals surface area contributed by atoms with E-state index < -0.39 is 5.82 Å². The van der Waals surface area contributed by atoms with Gasteiger partial charge in [-0.05, 0) is 35.2 Å². The first kappa shape index (κ1) is 15.4. The van der Waals surface area contributed by atoms with Gasteiger partial charge in [0.2, 0.25) is 0 Å². The first-order chi connectivity index (χ1) is 9.97. The highest BCUT2D eigenvalue weighted by Crippen LogP contribution is 2.20. The second-order valence-corrected chi connectivity index (χ2v) is 5.63. The van der Waals surface area contributed by atoms with Crippen molar-refractivity contribution in [1.29, 1.82) is 0 Å². The summed E-state index contributed by atoms with van der Waals surface area (Å²) < 4.78 is 19.3. The Morgan fingerprint density at radius 3 is 2.38 bits per heavy atom. The maximum Gasteiger partial charge on any atom is 0.165 e. The second kappa shape index (κ2) is 6.68. The molecule has 2 aromatic rings. The summed E-state index contributed by atoms with van der Waals surface area (Å²) in [6, 6.07) is 12.6. The normalized spacial score (nSPS) is 10.7. The summed E-state index contributed by atoms with van der Waals surface area (Å²) in [5.41, 5.74) is 8.22. The van der Waals surface area contributed by atoms with Crippen LogP contribution in [0.25, 0.3) is 0 Å². The number of benzene rings is 2. The van der Waals surface area contributed by atoms with Crippen LogP contribution in [0.5, 0.6) is 5.75 Å². The van der Waals surface area contributed by atoms with Gasteiger partial charge in [0.15, 0.2) is 11.6 Å². The van der Waals surface area contributed by atoms with Crippen LogP contribution in [0.2, 0.25) is 0 Å². The fourth-order valence-electron chi connectivity index (χ4n) is 1.93. The fraction of sp³-hybridized carbons (Fsp3) is 0.235. The molecule has 0 saturated heterocycles. The van der Waals surface area contributed by atoms with Gasteiger partial charge in [-0.15, -0.1) is 0 Å². The van der Waals surface area contributed by atoms with Gasteiger partial charge in [-0.1, -0.05) is 50.3 Å². The zero-order valence-corrected chi connectivity index (χ0v) is 12.9. The van der Waals surface area contributed by atoms with E-state index in [0.717, 1.165) is 5.56 Å². The Labute approximate surface area is 129 Å². The van der Waals surface area contributed by atoms with Crippen molar-refractivity contribution in [2.24, 2.45) is 5.73 Å². The molecule has 2 aromatic carbocycles. The Hall–Kier alpha value is -1.94. The summed E-state index contributed by atoms with van der Waals surface area (Å²) in [6.45, 7) is 4.61. The molecule has 0 amide bonds. The predicted molar refractivity (Wildman–Crippen MR) is 87.2 cm³/mol. The summed E-state index contributed by atoms with van der Waals surface area (Å²) in [6.07, 6.45) is 0. The monoisotopic (exact) mass is 303 g/mol. The van der Waals surface area contributed by atoms with Gasteiger partial charge in [-0.2, -0.15) is 0 Å². The molecular formula is C17H18FNOS. The van der Waals surface area contributed by atoms with E-state index in [1.165, 1.54) is 11.6 Å². The number of hydrogen-bond donors (Lipinski definition) is 1. The molecule has 21 heavy (non-hydrogen) atoms. The fourth-order valence-corrected chi connectivity index (χ4v) is 2.06. The second-order valence-electron chi connectivity index (χ2n) is 5.19. The van der Waals surface area contributed by atoms with Crippen molar-refractivity contribution in [3.05, 3.63) is 65.0 Å². The Balaban J connectivity index is 2.04. The number of ether oxygens (including phenoxy) is 1. The lowest BCUT2D eigenvalue weighted by Gasteiger charge is -2.10. The van der Waals surface area contributed by atoms with E-state index in [-0.39, 0.29) is 10.7 Å². The van der Waals surface area contributed by atoms with E-state index in [0.29, 0.717) is 18.1 Å². The lowest BCUT2D eigenvalue weighted by Crippen LogP contribution is -2.09. The molecule has 4 heteroatoms. The lowest BCUT2D eigenvalue weighted by molar-refractivity contribution is 0.290. The van der Waals surface area contributed by atoms with E-state index in [1.54, 1.807) is 12.1 Å². The van der Waals surface area contributed by atoms with Gasteiger partial charge in [-0.3, -0.25) is 0 Å². The lowest BCUT2D eigenvalue weighted by atomic mass is 10.0. The highest BCUT2D eigenvalue weighted by molar-refractivity contribution is 7.80. The third kappa shape index (κ3) is 4.02. The van der Waals surface area contributed by atoms with Crippen LogP contribution in [0.1, 0.15) is 36.5 Å². The summed E-state index contributed by atoms with van der Waals surface area (Å²) in [4.78, 5) is 0.171. The minimum absolute atomic E-state index is 0.171. The first-order valence-electron chi connectivity index (χ1n) is 6.78. The Morgan fingerprint density at radius 1 is 1.19 bits per heavy atom. The molecule has 0 radical (unpaired) electrons. The highest BCUT2D eigenvalue weighted by Gasteiger charge is 2.07. The molecule has 0 unspecified atom stereocenters. The van der Waals surface area contributed by atoms with Gasteiger partial charge < -0.3 is 10.5 Å². The standard InChI is InChI=1S/C17H18FNOS/c1-11(2)13-5-3-12(4-6-13)10-20-16-8-7-14(17(19)21)9-15(16)18/h3-9,11H,10H2,1-2H3,(H2,19,21). The minimum Gasteiger partial charge on any atom is -0.486 e. The van der Waals surface area contributed by atoms with Crippen LogP contribution in [0.3, 0.4) is 0 Å². The summed E-state index contributed by atoms with van der Waals surface area (Å²) in [5, 5.41) is 0. The van der Waals surface area contributed by atoms with E-state index >= 15 is 0 Å². The number of hydrogen-bond acceptors (Lipinski definition) is 2. The molecule has 2 nitrogen and oxygen atoms in total. The van der Waals surface area contributed by atoms with Crippen molar-refractivity contribution in [1.82, 2.24) is 0 Å². The van der Waals surface area contributed by atoms with Crippen molar-refractivity contribution in [2.45, 2.75) is 26.4 Å². The Bertz CT molecular complexity index is 638. The van der Waals surface area contributed by atoms with Gasteiger partial charge >= 0.3 is 0 Å². The zero-order chi connectivity index (χ0) is 15.4. The largest absolute Gasteiger partial charge is 0.486 e. The van der Waals surface area contributed by atoms with E-state index in [9.17, 15) is 4.39 Å². The van der Waals surface area contributed by atoms with Crippen LogP contribution in [-0.4, -0.2) is 4.99 Å². The third-order valence-electron chi connectivity index (χ3n) is 3.26. The molecule has 2 rings (SSSR count). The number of halogens is 1. The third-order valence-corrected chi connectivity index (χ3v) is 3.49. The van der Waals surface area contributed by atoms with E-state index in [1.807, 2.05) is 12.1 Å². The summed E-state index contributed by atoms with van der Waals surface area (Å²) in [7, 11) is 0. The Kier molecular flexibility index (Phi) is 4.91. The number of rotatable bonds is 5. The van der Waals surface area contributed by atoms with Crippen molar-refractivity contribution >= 4 is 17.2 Å². The molecule has 2 N–H and O–H groups in total. The predicted octanol–water partition coefficient (Wildman–Crippen LogP) is 4.16. The van der Waals surface area contributed by atoms with E-state index in [4.69, 9.17) is 22.7 Å². The molecule has 0 fully saturated rings. The van der Waals surface area contributed by atoms with Gasteiger partial charge in [0.25, 0.3) is 0 Å². The molecule has 0 heterocycles. The van der Waals surface area contributed by atoms with Crippen LogP contribution >= 0.6 is 12.2 Å². The molecule has 0 aromatic heterocycles. The van der Waals surface area contributed by atoms with Crippen LogP contribution < -0.4 is 10.5 Å². The first-order valence-corrected chi connectivity index (χ1v) is 7.19. The van der Waals surface area contributed by atoms with Crippen molar-refractivity contribution in [3.8, 4) is 5.75 Å². The zero-order valence-electron chi connectivity index (χ0n) is 12.1. The van der Waals surface area contributed by atoms with Crippen molar-refractivity contribution in [3.63, 3.8) is 0 Å². The molecule has 0 aliphatic heterocycles. The highest BCUT2D eigenvalue weighted by atomic mass is 32.1. The van der Waals surface area contributed by atoms with Crippen LogP contribution in [0.4, 0.5) is 4.39 Å². The minimum atomic E-state index is -0.459. The molecule has 0 spiro atoms. The van der Waals surface area contributed by atoms with Crippen LogP contribution in [0.15, 0.2) is 42.5 Å². The molecule has 0 atom stereocenters. The molecule has 0 aliphatic rings. The SMILES string of the molecule is CC(C)c1ccc(COc2ccc(C(N)=S)cc2F)cc1. The smallest absolute Gasteiger partial charge is 0.165 e. The maximum atomic E-state index is 13.8. The van der Waals surface area contributed by atoms with Gasteiger partial charge in [0.05, 0.1) is 0 Å².